The molecule has 4 amide bonds. The van der Waals surface area contributed by atoms with Gasteiger partial charge >= 0.3 is 11.9 Å². The van der Waals surface area contributed by atoms with Gasteiger partial charge in [-0.3, -0.25) is 24.0 Å². The van der Waals surface area contributed by atoms with Crippen LogP contribution < -0.4 is 21.7 Å². The van der Waals surface area contributed by atoms with Crippen LogP contribution in [0.15, 0.2) is 0 Å². The molecule has 0 radical (unpaired) electrons. The van der Waals surface area contributed by atoms with Crippen LogP contribution in [0.3, 0.4) is 0 Å². The summed E-state index contributed by atoms with van der Waals surface area (Å²) in [5.74, 6) is -4.06. The number of amides is 4. The minimum Gasteiger partial charge on any atom is -0.480 e. The van der Waals surface area contributed by atoms with E-state index in [1.165, 1.54) is 4.90 Å². The van der Waals surface area contributed by atoms with Crippen LogP contribution in [-0.4, -0.2) is 90.9 Å². The highest BCUT2D eigenvalue weighted by Gasteiger charge is 2.31. The molecule has 0 spiro atoms. The summed E-state index contributed by atoms with van der Waals surface area (Å²) < 4.78 is 5.15. The molecule has 6 N–H and O–H groups in total. The third-order valence-corrected chi connectivity index (χ3v) is 5.72. The number of nitrogens with zero attached hydrogens (tertiary/aromatic N) is 1. The normalized spacial score (nSPS) is 13.3. The van der Waals surface area contributed by atoms with Crippen LogP contribution >= 0.6 is 0 Å². The van der Waals surface area contributed by atoms with Crippen molar-refractivity contribution in [2.45, 2.75) is 90.8 Å². The van der Waals surface area contributed by atoms with E-state index in [9.17, 15) is 33.9 Å². The van der Waals surface area contributed by atoms with Gasteiger partial charge in [-0.1, -0.05) is 27.7 Å². The Labute approximate surface area is 230 Å². The first-order valence-corrected chi connectivity index (χ1v) is 13.4. The van der Waals surface area contributed by atoms with Crippen LogP contribution in [-0.2, 0) is 33.5 Å². The Bertz CT molecular complexity index is 831. The van der Waals surface area contributed by atoms with Gasteiger partial charge in [0.15, 0.2) is 0 Å². The Morgan fingerprint density at radius 2 is 1.46 bits per heavy atom. The third-order valence-electron chi connectivity index (χ3n) is 5.72. The molecule has 13 heteroatoms. The first-order valence-electron chi connectivity index (χ1n) is 13.4. The number of carboxylic acids is 1. The fraction of sp³-hybridized carbons (Fsp3) is 0.769. The van der Waals surface area contributed by atoms with E-state index in [1.807, 2.05) is 13.8 Å². The molecular weight excluding hydrogens is 510 g/mol. The van der Waals surface area contributed by atoms with E-state index in [1.54, 1.807) is 27.9 Å². The second-order valence-corrected chi connectivity index (χ2v) is 10.4. The minimum atomic E-state index is -1.22. The van der Waals surface area contributed by atoms with E-state index in [2.05, 4.69) is 16.0 Å². The third kappa shape index (κ3) is 15.7. The molecule has 0 fully saturated rings. The van der Waals surface area contributed by atoms with Gasteiger partial charge in [0.2, 0.25) is 23.6 Å². The molecule has 13 nitrogen and oxygen atoms in total. The fourth-order valence-electron chi connectivity index (χ4n) is 3.38. The Kier molecular flexibility index (Phi) is 17.4. The van der Waals surface area contributed by atoms with Gasteiger partial charge in [-0.2, -0.15) is 0 Å². The van der Waals surface area contributed by atoms with Gasteiger partial charge in [0.25, 0.3) is 0 Å². The van der Waals surface area contributed by atoms with Gasteiger partial charge in [0.05, 0.1) is 6.61 Å². The Balaban J connectivity index is 5.47. The van der Waals surface area contributed by atoms with E-state index in [0.717, 1.165) is 0 Å². The lowest BCUT2D eigenvalue weighted by Crippen LogP contribution is -2.57. The van der Waals surface area contributed by atoms with E-state index < -0.39 is 53.7 Å². The Morgan fingerprint density at radius 1 is 0.821 bits per heavy atom. The highest BCUT2D eigenvalue weighted by atomic mass is 16.5. The predicted molar refractivity (Wildman–Crippen MR) is 144 cm³/mol. The van der Waals surface area contributed by atoms with E-state index in [4.69, 9.17) is 10.5 Å². The molecule has 0 bridgehead atoms. The number of carbonyl (C=O) groups is 6. The summed E-state index contributed by atoms with van der Waals surface area (Å²) >= 11 is 0. The molecule has 0 aliphatic carbocycles. The summed E-state index contributed by atoms with van der Waals surface area (Å²) in [4.78, 5) is 75.5. The molecule has 0 heterocycles. The highest BCUT2D eigenvalue weighted by molar-refractivity contribution is 5.93. The number of carboxylic acid groups (broad SMARTS) is 1. The minimum absolute atomic E-state index is 0.0172. The van der Waals surface area contributed by atoms with Crippen molar-refractivity contribution in [1.82, 2.24) is 20.9 Å². The fourth-order valence-corrected chi connectivity index (χ4v) is 3.38. The van der Waals surface area contributed by atoms with Crippen molar-refractivity contribution in [2.75, 3.05) is 27.2 Å². The second-order valence-electron chi connectivity index (χ2n) is 10.4. The smallest absolute Gasteiger partial charge is 0.326 e. The maximum absolute atomic E-state index is 13.2. The van der Waals surface area contributed by atoms with Gasteiger partial charge < -0.3 is 36.4 Å². The Hall–Kier alpha value is -3.22. The SMILES string of the molecule is CC(C)COC(=O)CCC(NC(=O)CCCC(=O)N(C)C)C(=O)N[C@H](C(=O)N[C@@H](CCCN)C(=O)O)C(C)C. The zero-order valence-corrected chi connectivity index (χ0v) is 24.1. The van der Waals surface area contributed by atoms with Gasteiger partial charge in [-0.15, -0.1) is 0 Å². The quantitative estimate of drug-likeness (QED) is 0.137. The van der Waals surface area contributed by atoms with Crippen molar-refractivity contribution in [2.24, 2.45) is 17.6 Å². The van der Waals surface area contributed by atoms with Crippen molar-refractivity contribution in [3.63, 3.8) is 0 Å². The predicted octanol–water partition coefficient (Wildman–Crippen LogP) is 0.158. The molecule has 0 aliphatic rings. The summed E-state index contributed by atoms with van der Waals surface area (Å²) in [7, 11) is 3.22. The zero-order valence-electron chi connectivity index (χ0n) is 24.1. The van der Waals surface area contributed by atoms with Crippen LogP contribution in [0.2, 0.25) is 0 Å². The van der Waals surface area contributed by atoms with Crippen LogP contribution in [0, 0.1) is 11.8 Å². The van der Waals surface area contributed by atoms with Crippen molar-refractivity contribution in [3.05, 3.63) is 0 Å². The van der Waals surface area contributed by atoms with Gasteiger partial charge in [0, 0.05) is 33.4 Å². The van der Waals surface area contributed by atoms with Gasteiger partial charge in [-0.05, 0) is 44.1 Å². The highest BCUT2D eigenvalue weighted by Crippen LogP contribution is 2.09. The number of hydrogen-bond acceptors (Lipinski definition) is 8. The Morgan fingerprint density at radius 3 is 1.97 bits per heavy atom. The lowest BCUT2D eigenvalue weighted by Gasteiger charge is -2.26. The van der Waals surface area contributed by atoms with Gasteiger partial charge in [0.1, 0.15) is 18.1 Å². The van der Waals surface area contributed by atoms with Crippen molar-refractivity contribution in [1.29, 1.82) is 0 Å². The maximum atomic E-state index is 13.2. The zero-order chi connectivity index (χ0) is 30.1. The molecule has 0 aromatic rings. The molecule has 0 aromatic heterocycles. The van der Waals surface area contributed by atoms with Gasteiger partial charge in [-0.25, -0.2) is 4.79 Å². The van der Waals surface area contributed by atoms with E-state index in [0.29, 0.717) is 6.42 Å². The van der Waals surface area contributed by atoms with Crippen molar-refractivity contribution in [3.8, 4) is 0 Å². The van der Waals surface area contributed by atoms with Crippen molar-refractivity contribution < 1.29 is 38.6 Å². The van der Waals surface area contributed by atoms with E-state index in [-0.39, 0.29) is 63.5 Å². The molecular formula is C26H47N5O8. The monoisotopic (exact) mass is 557 g/mol. The van der Waals surface area contributed by atoms with Crippen LogP contribution in [0.4, 0.5) is 0 Å². The number of esters is 1. The summed E-state index contributed by atoms with van der Waals surface area (Å²) in [5, 5.41) is 17.0. The topological polar surface area (TPSA) is 197 Å². The largest absolute Gasteiger partial charge is 0.480 e. The maximum Gasteiger partial charge on any atom is 0.326 e. The molecule has 39 heavy (non-hydrogen) atoms. The van der Waals surface area contributed by atoms with Crippen LogP contribution in [0.25, 0.3) is 0 Å². The lowest BCUT2D eigenvalue weighted by molar-refractivity contribution is -0.145. The number of hydrogen-bond donors (Lipinski definition) is 5. The molecule has 0 saturated carbocycles. The summed E-state index contributed by atoms with van der Waals surface area (Å²) in [6, 6.07) is -3.42. The molecule has 0 aliphatic heterocycles. The van der Waals surface area contributed by atoms with Crippen molar-refractivity contribution >= 4 is 35.6 Å². The number of rotatable bonds is 19. The van der Waals surface area contributed by atoms with Crippen LogP contribution in [0.1, 0.15) is 72.6 Å². The molecule has 0 saturated heterocycles. The number of nitrogens with one attached hydrogen (secondary N) is 3. The molecule has 1 unspecified atom stereocenters. The average molecular weight is 558 g/mol. The molecule has 224 valence electrons. The second kappa shape index (κ2) is 18.9. The lowest BCUT2D eigenvalue weighted by atomic mass is 10.0. The summed E-state index contributed by atoms with van der Waals surface area (Å²) in [6.07, 6.45) is 0.694. The summed E-state index contributed by atoms with van der Waals surface area (Å²) in [5.41, 5.74) is 5.45. The average Bonchev–Trinajstić information content (AvgIpc) is 2.85. The molecule has 0 aromatic carbocycles. The molecule has 3 atom stereocenters. The molecule has 0 rings (SSSR count). The standard InChI is InChI=1S/C26H47N5O8/c1-16(2)15-39-22(34)13-12-18(28-20(32)10-7-11-21(33)31(5)6)24(35)30-23(17(3)4)25(36)29-19(26(37)38)9-8-14-27/h16-19,23H,7-15,27H2,1-6H3,(H,28,32)(H,29,36)(H,30,35)(H,37,38)/t18?,19-,23-/m0/s1. The number of nitrogens with two attached hydrogens (primary N) is 1. The van der Waals surface area contributed by atoms with Crippen LogP contribution in [0.5, 0.6) is 0 Å². The first-order chi connectivity index (χ1) is 18.2. The number of aliphatic carboxylic acids is 1. The van der Waals surface area contributed by atoms with E-state index >= 15 is 0 Å². The first kappa shape index (κ1) is 35.8. The number of ether oxygens (including phenoxy) is 1. The summed E-state index contributed by atoms with van der Waals surface area (Å²) in [6.45, 7) is 7.60. The number of carbonyl (C=O) groups excluding carboxylic acids is 5.